The lowest BCUT2D eigenvalue weighted by Gasteiger charge is -2.43. The van der Waals surface area contributed by atoms with Crippen molar-refractivity contribution in [1.82, 2.24) is 14.7 Å². The maximum atomic E-state index is 14.2. The lowest BCUT2D eigenvalue weighted by Crippen LogP contribution is -2.56. The van der Waals surface area contributed by atoms with Crippen LogP contribution < -0.4 is 9.80 Å². The Balaban J connectivity index is 1.21. The number of piperidine rings is 1. The van der Waals surface area contributed by atoms with Crippen molar-refractivity contribution in [2.45, 2.75) is 38.3 Å². The molecule has 3 aliphatic rings. The molecule has 2 aromatic carbocycles. The van der Waals surface area contributed by atoms with Gasteiger partial charge < -0.3 is 19.3 Å². The fourth-order valence-electron chi connectivity index (χ4n) is 6.26. The number of nitrogens with zero attached hydrogens (tertiary/aromatic N) is 5. The molecule has 224 valence electrons. The van der Waals surface area contributed by atoms with Crippen molar-refractivity contribution < 1.29 is 23.0 Å². The topological polar surface area (TPSA) is 63.1 Å². The van der Waals surface area contributed by atoms with Crippen LogP contribution in [0.15, 0.2) is 48.7 Å². The lowest BCUT2D eigenvalue weighted by atomic mass is 9.99. The number of halogens is 3. The number of hydrogen-bond donors (Lipinski definition) is 0. The first-order valence-electron chi connectivity index (χ1n) is 14.7. The molecule has 0 N–H and O–H groups in total. The molecule has 42 heavy (non-hydrogen) atoms. The number of esters is 1. The van der Waals surface area contributed by atoms with E-state index < -0.39 is 12.4 Å². The van der Waals surface area contributed by atoms with Crippen molar-refractivity contribution in [2.24, 2.45) is 0 Å². The van der Waals surface area contributed by atoms with Gasteiger partial charge in [0.15, 0.2) is 0 Å². The Bertz CT molecular complexity index is 1390. The van der Waals surface area contributed by atoms with Crippen LogP contribution in [0.4, 0.5) is 20.2 Å². The van der Waals surface area contributed by atoms with Crippen LogP contribution in [0.1, 0.15) is 48.3 Å². The number of rotatable bonds is 8. The van der Waals surface area contributed by atoms with Crippen LogP contribution in [-0.2, 0) is 9.47 Å². The first kappa shape index (κ1) is 28.9. The summed E-state index contributed by atoms with van der Waals surface area (Å²) in [5, 5.41) is 4.85. The van der Waals surface area contributed by atoms with Crippen molar-refractivity contribution in [2.75, 3.05) is 68.9 Å². The van der Waals surface area contributed by atoms with Crippen LogP contribution >= 0.6 is 11.6 Å². The third-order valence-corrected chi connectivity index (χ3v) is 8.81. The highest BCUT2D eigenvalue weighted by atomic mass is 35.5. The van der Waals surface area contributed by atoms with Gasteiger partial charge in [0.2, 0.25) is 0 Å². The summed E-state index contributed by atoms with van der Waals surface area (Å²) in [7, 11) is 0. The zero-order chi connectivity index (χ0) is 29.2. The van der Waals surface area contributed by atoms with Crippen LogP contribution in [-0.4, -0.2) is 85.8 Å². The molecular weight excluding hydrogens is 564 g/mol. The van der Waals surface area contributed by atoms with Crippen molar-refractivity contribution >= 4 is 28.9 Å². The highest BCUT2D eigenvalue weighted by Gasteiger charge is 2.32. The lowest BCUT2D eigenvalue weighted by molar-refractivity contribution is -0.0660. The van der Waals surface area contributed by atoms with E-state index in [9.17, 15) is 13.6 Å². The largest absolute Gasteiger partial charge is 0.462 e. The van der Waals surface area contributed by atoms with Crippen molar-refractivity contribution in [3.8, 4) is 11.1 Å². The second-order valence-corrected chi connectivity index (χ2v) is 11.5. The highest BCUT2D eigenvalue weighted by Crippen LogP contribution is 2.38. The molecule has 0 spiro atoms. The first-order chi connectivity index (χ1) is 20.4. The van der Waals surface area contributed by atoms with Gasteiger partial charge in [-0.25, -0.2) is 13.6 Å². The van der Waals surface area contributed by atoms with Gasteiger partial charge in [0.05, 0.1) is 38.1 Å². The Hall–Kier alpha value is -3.21. The molecule has 3 saturated heterocycles. The average Bonchev–Trinajstić information content (AvgIpc) is 3.43. The zero-order valence-corrected chi connectivity index (χ0v) is 24.5. The van der Waals surface area contributed by atoms with E-state index in [-0.39, 0.29) is 23.9 Å². The monoisotopic (exact) mass is 599 g/mol. The van der Waals surface area contributed by atoms with E-state index in [4.69, 9.17) is 21.1 Å². The number of piperazine rings is 1. The summed E-state index contributed by atoms with van der Waals surface area (Å²) >= 11 is 6.47. The van der Waals surface area contributed by atoms with Gasteiger partial charge in [-0.3, -0.25) is 9.58 Å². The smallest absolute Gasteiger partial charge is 0.341 e. The summed E-state index contributed by atoms with van der Waals surface area (Å²) in [6.45, 7) is 8.73. The summed E-state index contributed by atoms with van der Waals surface area (Å²) in [5.41, 5.74) is 3.69. The zero-order valence-electron chi connectivity index (χ0n) is 23.7. The molecule has 1 atom stereocenters. The maximum absolute atomic E-state index is 14.2. The number of alkyl halides is 2. The fourth-order valence-corrected chi connectivity index (χ4v) is 6.43. The Morgan fingerprint density at radius 1 is 1.05 bits per heavy atom. The van der Waals surface area contributed by atoms with Gasteiger partial charge in [-0.1, -0.05) is 29.8 Å². The van der Waals surface area contributed by atoms with Crippen LogP contribution in [0.25, 0.3) is 11.1 Å². The summed E-state index contributed by atoms with van der Waals surface area (Å²) in [6.07, 6.45) is -0.193. The Labute approximate surface area is 249 Å². The van der Waals surface area contributed by atoms with E-state index in [1.54, 1.807) is 6.92 Å². The van der Waals surface area contributed by atoms with Gasteiger partial charge in [-0.2, -0.15) is 5.10 Å². The van der Waals surface area contributed by atoms with E-state index in [2.05, 4.69) is 44.1 Å². The van der Waals surface area contributed by atoms with E-state index >= 15 is 0 Å². The fraction of sp³-hybridized carbons (Fsp3) is 0.484. The van der Waals surface area contributed by atoms with E-state index in [0.29, 0.717) is 24.0 Å². The van der Waals surface area contributed by atoms with Gasteiger partial charge in [0.1, 0.15) is 11.3 Å². The summed E-state index contributed by atoms with van der Waals surface area (Å²) in [5.74, 6) is -0.776. The molecular formula is C31H36ClF2N5O3. The van der Waals surface area contributed by atoms with Crippen molar-refractivity contribution in [1.29, 1.82) is 0 Å². The molecule has 3 aromatic rings. The van der Waals surface area contributed by atoms with E-state index in [1.165, 1.54) is 16.6 Å². The van der Waals surface area contributed by atoms with Crippen molar-refractivity contribution in [3.63, 3.8) is 0 Å². The van der Waals surface area contributed by atoms with Crippen LogP contribution in [0.5, 0.6) is 0 Å². The molecule has 0 radical (unpaired) electrons. The number of carbonyl (C=O) groups excluding carboxylic acids is 1. The van der Waals surface area contributed by atoms with E-state index in [0.717, 1.165) is 69.2 Å². The van der Waals surface area contributed by atoms with Crippen LogP contribution in [0.2, 0.25) is 5.02 Å². The van der Waals surface area contributed by atoms with Gasteiger partial charge in [0, 0.05) is 61.2 Å². The van der Waals surface area contributed by atoms with Crippen molar-refractivity contribution in [3.05, 3.63) is 64.9 Å². The molecule has 3 aliphatic heterocycles. The number of aromatic nitrogens is 2. The van der Waals surface area contributed by atoms with E-state index in [1.807, 2.05) is 18.2 Å². The first-order valence-corrected chi connectivity index (χ1v) is 15.0. The Morgan fingerprint density at radius 3 is 2.48 bits per heavy atom. The predicted octanol–water partition coefficient (Wildman–Crippen LogP) is 5.68. The molecule has 8 nitrogen and oxygen atoms in total. The molecule has 3 fully saturated rings. The van der Waals surface area contributed by atoms with Gasteiger partial charge in [-0.05, 0) is 49.6 Å². The number of ether oxygens (including phenoxy) is 2. The minimum Gasteiger partial charge on any atom is -0.462 e. The quantitative estimate of drug-likeness (QED) is 0.309. The molecule has 0 aliphatic carbocycles. The maximum Gasteiger partial charge on any atom is 0.341 e. The molecule has 11 heteroatoms. The Kier molecular flexibility index (Phi) is 8.65. The van der Waals surface area contributed by atoms with Gasteiger partial charge >= 0.3 is 5.97 Å². The molecule has 6 rings (SSSR count). The van der Waals surface area contributed by atoms with Gasteiger partial charge in [0.25, 0.3) is 6.43 Å². The SMILES string of the molecule is CCOC(=O)c1cnn(C2CCCN(c3cc(Cl)ccc3-c3ccc(N4CCN(C5COC5)CC4)cc3)C2)c1C(F)F. The third-order valence-electron chi connectivity index (χ3n) is 8.57. The van der Waals surface area contributed by atoms with Crippen LogP contribution in [0, 0.1) is 0 Å². The number of anilines is 2. The molecule has 4 heterocycles. The molecule has 1 aromatic heterocycles. The standard InChI is InChI=1S/C31H36ClF2N5O3/c1-2-42-31(40)27-17-35-39(29(27)30(33)34)24-4-3-11-38(18-24)28-16-22(32)7-10-26(28)21-5-8-23(9-6-21)36-12-14-37(15-13-36)25-19-41-20-25/h5-10,16-17,24-25,30H,2-4,11-15,18-20H2,1H3. The van der Waals surface area contributed by atoms with Crippen LogP contribution in [0.3, 0.4) is 0 Å². The normalized spacial score (nSPS) is 20.2. The number of hydrogen-bond acceptors (Lipinski definition) is 7. The average molecular weight is 600 g/mol. The minimum atomic E-state index is -2.85. The molecule has 0 saturated carbocycles. The highest BCUT2D eigenvalue weighted by molar-refractivity contribution is 6.31. The second kappa shape index (κ2) is 12.6. The second-order valence-electron chi connectivity index (χ2n) is 11.1. The summed E-state index contributed by atoms with van der Waals surface area (Å²) in [6, 6.07) is 14.7. The minimum absolute atomic E-state index is 0.106. The Morgan fingerprint density at radius 2 is 1.81 bits per heavy atom. The molecule has 1 unspecified atom stereocenters. The predicted molar refractivity (Wildman–Crippen MR) is 159 cm³/mol. The third kappa shape index (κ3) is 5.85. The number of benzene rings is 2. The summed E-state index contributed by atoms with van der Waals surface area (Å²) < 4.78 is 40.0. The van der Waals surface area contributed by atoms with Gasteiger partial charge in [-0.15, -0.1) is 0 Å². The molecule has 0 bridgehead atoms. The summed E-state index contributed by atoms with van der Waals surface area (Å²) in [4.78, 5) is 19.5. The number of carbonyl (C=O) groups is 1. The molecule has 0 amide bonds.